The summed E-state index contributed by atoms with van der Waals surface area (Å²) in [5.41, 5.74) is 2.72. The van der Waals surface area contributed by atoms with E-state index in [1.54, 1.807) is 0 Å². The van der Waals surface area contributed by atoms with Crippen molar-refractivity contribution in [1.29, 1.82) is 0 Å². The number of hydrogen-bond acceptors (Lipinski definition) is 2. The zero-order valence-electron chi connectivity index (χ0n) is 11.6. The minimum atomic E-state index is 0.113. The van der Waals surface area contributed by atoms with Crippen molar-refractivity contribution in [2.24, 2.45) is 0 Å². The van der Waals surface area contributed by atoms with Gasteiger partial charge in [0.25, 0.3) is 0 Å². The summed E-state index contributed by atoms with van der Waals surface area (Å²) < 4.78 is 0. The van der Waals surface area contributed by atoms with Crippen LogP contribution in [0.4, 0.5) is 0 Å². The molecule has 0 aromatic heterocycles. The van der Waals surface area contributed by atoms with E-state index in [1.165, 1.54) is 56.1 Å². The minimum absolute atomic E-state index is 0.113. The summed E-state index contributed by atoms with van der Waals surface area (Å²) in [6.07, 6.45) is 9.24. The van der Waals surface area contributed by atoms with Crippen molar-refractivity contribution in [3.63, 3.8) is 0 Å². The first-order valence-corrected chi connectivity index (χ1v) is 7.83. The van der Waals surface area contributed by atoms with Gasteiger partial charge in [0.15, 0.2) is 0 Å². The van der Waals surface area contributed by atoms with E-state index >= 15 is 0 Å². The van der Waals surface area contributed by atoms with Gasteiger partial charge in [-0.2, -0.15) is 0 Å². The van der Waals surface area contributed by atoms with Crippen LogP contribution in [0.15, 0.2) is 24.3 Å². The zero-order valence-corrected chi connectivity index (χ0v) is 11.6. The van der Waals surface area contributed by atoms with Crippen molar-refractivity contribution in [2.45, 2.75) is 62.9 Å². The van der Waals surface area contributed by atoms with Gasteiger partial charge in [0.05, 0.1) is 12.6 Å². The Balaban J connectivity index is 1.68. The normalized spacial score (nSPS) is 22.4. The average Bonchev–Trinajstić information content (AvgIpc) is 3.31. The Morgan fingerprint density at radius 1 is 1.11 bits per heavy atom. The molecule has 2 nitrogen and oxygen atoms in total. The number of rotatable bonds is 5. The molecule has 2 aliphatic rings. The van der Waals surface area contributed by atoms with Crippen LogP contribution >= 0.6 is 0 Å². The Kier molecular flexibility index (Phi) is 4.19. The van der Waals surface area contributed by atoms with Crippen LogP contribution in [0, 0.1) is 0 Å². The van der Waals surface area contributed by atoms with E-state index in [0.717, 1.165) is 5.92 Å². The molecule has 19 heavy (non-hydrogen) atoms. The molecule has 2 aliphatic carbocycles. The number of aliphatic hydroxyl groups is 1. The Labute approximate surface area is 116 Å². The summed E-state index contributed by atoms with van der Waals surface area (Å²) in [5.74, 6) is 0.786. The van der Waals surface area contributed by atoms with Crippen LogP contribution in [-0.4, -0.2) is 17.8 Å². The smallest absolute Gasteiger partial charge is 0.0626 e. The van der Waals surface area contributed by atoms with Crippen LogP contribution in [0.2, 0.25) is 0 Å². The van der Waals surface area contributed by atoms with Crippen LogP contribution in [0.1, 0.15) is 68.0 Å². The van der Waals surface area contributed by atoms with Gasteiger partial charge >= 0.3 is 0 Å². The van der Waals surface area contributed by atoms with Crippen LogP contribution in [-0.2, 0) is 0 Å². The van der Waals surface area contributed by atoms with E-state index in [9.17, 15) is 5.11 Å². The van der Waals surface area contributed by atoms with Gasteiger partial charge in [0, 0.05) is 6.04 Å². The maximum Gasteiger partial charge on any atom is 0.0626 e. The molecule has 1 unspecified atom stereocenters. The maximum absolute atomic E-state index is 9.69. The van der Waals surface area contributed by atoms with Crippen molar-refractivity contribution in [3.8, 4) is 0 Å². The van der Waals surface area contributed by atoms with Gasteiger partial charge in [0.2, 0.25) is 0 Å². The predicted molar refractivity (Wildman–Crippen MR) is 78.3 cm³/mol. The molecule has 1 aromatic rings. The summed E-state index contributed by atoms with van der Waals surface area (Å²) in [4.78, 5) is 0. The lowest BCUT2D eigenvalue weighted by atomic mass is 9.93. The lowest BCUT2D eigenvalue weighted by Gasteiger charge is -2.28. The van der Waals surface area contributed by atoms with Gasteiger partial charge in [-0.3, -0.25) is 0 Å². The van der Waals surface area contributed by atoms with Gasteiger partial charge in [-0.1, -0.05) is 43.5 Å². The first-order chi connectivity index (χ1) is 9.36. The van der Waals surface area contributed by atoms with Crippen LogP contribution in [0.5, 0.6) is 0 Å². The minimum Gasteiger partial charge on any atom is -0.394 e. The molecule has 2 N–H and O–H groups in total. The number of benzene rings is 1. The molecule has 0 amide bonds. The average molecular weight is 259 g/mol. The number of nitrogens with one attached hydrogen (secondary N) is 1. The molecule has 0 heterocycles. The second-order valence-electron chi connectivity index (χ2n) is 6.18. The summed E-state index contributed by atoms with van der Waals surface area (Å²) in [6, 6.07) is 9.54. The third-order valence-corrected chi connectivity index (χ3v) is 4.59. The predicted octanol–water partition coefficient (Wildman–Crippen LogP) is 3.52. The second kappa shape index (κ2) is 6.06. The monoisotopic (exact) mass is 259 g/mol. The van der Waals surface area contributed by atoms with E-state index in [2.05, 4.69) is 29.6 Å². The maximum atomic E-state index is 9.69. The Morgan fingerprint density at radius 2 is 1.89 bits per heavy atom. The van der Waals surface area contributed by atoms with Crippen molar-refractivity contribution < 1.29 is 5.11 Å². The summed E-state index contributed by atoms with van der Waals surface area (Å²) in [5, 5.41) is 13.4. The SMILES string of the molecule is OCC(NC1CCCCC1)c1cccc(C2CC2)c1. The molecule has 2 heteroatoms. The third kappa shape index (κ3) is 3.37. The quantitative estimate of drug-likeness (QED) is 0.848. The highest BCUT2D eigenvalue weighted by molar-refractivity contribution is 5.31. The number of hydrogen-bond donors (Lipinski definition) is 2. The highest BCUT2D eigenvalue weighted by atomic mass is 16.3. The molecule has 1 atom stereocenters. The van der Waals surface area contributed by atoms with Crippen LogP contribution in [0.3, 0.4) is 0 Å². The molecule has 0 aliphatic heterocycles. The van der Waals surface area contributed by atoms with Gasteiger partial charge in [-0.15, -0.1) is 0 Å². The van der Waals surface area contributed by atoms with Crippen molar-refractivity contribution in [1.82, 2.24) is 5.32 Å². The van der Waals surface area contributed by atoms with Gasteiger partial charge < -0.3 is 10.4 Å². The highest BCUT2D eigenvalue weighted by Gasteiger charge is 2.25. The fourth-order valence-electron chi connectivity index (χ4n) is 3.25. The third-order valence-electron chi connectivity index (χ3n) is 4.59. The van der Waals surface area contributed by atoms with Crippen LogP contribution in [0.25, 0.3) is 0 Å². The van der Waals surface area contributed by atoms with Crippen molar-refractivity contribution in [2.75, 3.05) is 6.61 Å². The molecule has 2 fully saturated rings. The molecule has 0 saturated heterocycles. The molecule has 3 rings (SSSR count). The summed E-state index contributed by atoms with van der Waals surface area (Å²) >= 11 is 0. The largest absolute Gasteiger partial charge is 0.394 e. The van der Waals surface area contributed by atoms with E-state index in [4.69, 9.17) is 0 Å². The lowest BCUT2D eigenvalue weighted by molar-refractivity contribution is 0.220. The summed E-state index contributed by atoms with van der Waals surface area (Å²) in [6.45, 7) is 0.199. The zero-order chi connectivity index (χ0) is 13.1. The molecule has 0 spiro atoms. The standard InChI is InChI=1S/C17H25NO/c19-12-17(18-16-7-2-1-3-8-16)15-6-4-5-14(11-15)13-9-10-13/h4-6,11,13,16-19H,1-3,7-10,12H2. The van der Waals surface area contributed by atoms with Gasteiger partial charge in [-0.25, -0.2) is 0 Å². The van der Waals surface area contributed by atoms with E-state index in [0.29, 0.717) is 6.04 Å². The van der Waals surface area contributed by atoms with E-state index in [1.807, 2.05) is 0 Å². The summed E-state index contributed by atoms with van der Waals surface area (Å²) in [7, 11) is 0. The molecule has 1 aromatic carbocycles. The number of aliphatic hydroxyl groups excluding tert-OH is 1. The first kappa shape index (κ1) is 13.1. The fraction of sp³-hybridized carbons (Fsp3) is 0.647. The van der Waals surface area contributed by atoms with E-state index < -0.39 is 0 Å². The Hall–Kier alpha value is -0.860. The Morgan fingerprint density at radius 3 is 2.58 bits per heavy atom. The Bertz CT molecular complexity index is 407. The highest BCUT2D eigenvalue weighted by Crippen LogP contribution is 2.40. The molecule has 2 saturated carbocycles. The lowest BCUT2D eigenvalue weighted by Crippen LogP contribution is -2.36. The van der Waals surface area contributed by atoms with Crippen molar-refractivity contribution in [3.05, 3.63) is 35.4 Å². The fourth-order valence-corrected chi connectivity index (χ4v) is 3.25. The molecule has 104 valence electrons. The van der Waals surface area contributed by atoms with E-state index in [-0.39, 0.29) is 12.6 Å². The molecular formula is C17H25NO. The van der Waals surface area contributed by atoms with Gasteiger partial charge in [-0.05, 0) is 42.7 Å². The molecule has 0 bridgehead atoms. The topological polar surface area (TPSA) is 32.3 Å². The second-order valence-corrected chi connectivity index (χ2v) is 6.18. The van der Waals surface area contributed by atoms with Gasteiger partial charge in [0.1, 0.15) is 0 Å². The first-order valence-electron chi connectivity index (χ1n) is 7.83. The van der Waals surface area contributed by atoms with Crippen LogP contribution < -0.4 is 5.32 Å². The van der Waals surface area contributed by atoms with Crippen molar-refractivity contribution >= 4 is 0 Å². The molecule has 0 radical (unpaired) electrons. The molecular weight excluding hydrogens is 234 g/mol.